The van der Waals surface area contributed by atoms with E-state index in [-0.39, 0.29) is 5.41 Å². The van der Waals surface area contributed by atoms with Crippen molar-refractivity contribution in [2.45, 2.75) is 24.7 Å². The van der Waals surface area contributed by atoms with Gasteiger partial charge in [-0.3, -0.25) is 0 Å². The number of benzene rings is 7. The molecular weight excluding hydrogens is 655 g/mol. The summed E-state index contributed by atoms with van der Waals surface area (Å²) in [6.45, 7) is 8.85. The van der Waals surface area contributed by atoms with Crippen molar-refractivity contribution in [2.24, 2.45) is 0 Å². The average molecular weight is 692 g/mol. The molecule has 0 bridgehead atoms. The smallest absolute Gasteiger partial charge is 0.136 e. The maximum absolute atomic E-state index is 6.54. The van der Waals surface area contributed by atoms with Crippen LogP contribution in [0.2, 0.25) is 0 Å². The first kappa shape index (κ1) is 30.9. The number of furan rings is 1. The molecule has 2 heteroatoms. The van der Waals surface area contributed by atoms with Crippen LogP contribution < -0.4 is 4.90 Å². The van der Waals surface area contributed by atoms with Crippen LogP contribution in [0.5, 0.6) is 0 Å². The Morgan fingerprint density at radius 2 is 1.13 bits per heavy atom. The van der Waals surface area contributed by atoms with E-state index in [2.05, 4.69) is 195 Å². The van der Waals surface area contributed by atoms with Crippen molar-refractivity contribution in [1.82, 2.24) is 0 Å². The molecule has 2 nitrogen and oxygen atoms in total. The lowest BCUT2D eigenvalue weighted by Crippen LogP contribution is -2.36. The minimum Gasteiger partial charge on any atom is -0.456 e. The van der Waals surface area contributed by atoms with Gasteiger partial charge in [-0.1, -0.05) is 154 Å². The standard InChI is InChI=1S/C52H37NO/c1-4-5-19-40-36-21-10-14-25-44(36)52(45-26-15-11-22-37(45)41-32-49-42(31-47(41)52)39-23-12-16-27-48(39)54-49)50(40)53(33-17-7-6-8-18-33)34-28-29-38-35-20-9-13-24-43(35)51(2,3)46(38)30-34/h4-32H,1H2,2-3H3/b19-5-. The molecule has 3 aliphatic carbocycles. The van der Waals surface area contributed by atoms with E-state index < -0.39 is 5.41 Å². The molecule has 0 amide bonds. The summed E-state index contributed by atoms with van der Waals surface area (Å²) in [5.74, 6) is 0. The Morgan fingerprint density at radius 1 is 0.500 bits per heavy atom. The molecule has 1 unspecified atom stereocenters. The van der Waals surface area contributed by atoms with Crippen molar-refractivity contribution in [3.8, 4) is 22.3 Å². The van der Waals surface area contributed by atoms with Gasteiger partial charge in [0, 0.05) is 33.1 Å². The zero-order chi connectivity index (χ0) is 36.2. The highest BCUT2D eigenvalue weighted by Gasteiger charge is 2.55. The van der Waals surface area contributed by atoms with Gasteiger partial charge in [0.1, 0.15) is 11.2 Å². The summed E-state index contributed by atoms with van der Waals surface area (Å²) in [5.41, 5.74) is 18.5. The van der Waals surface area contributed by atoms with Gasteiger partial charge in [-0.05, 0) is 98.1 Å². The van der Waals surface area contributed by atoms with Gasteiger partial charge in [-0.15, -0.1) is 0 Å². The van der Waals surface area contributed by atoms with Gasteiger partial charge in [0.2, 0.25) is 0 Å². The number of rotatable bonds is 5. The quantitative estimate of drug-likeness (QED) is 0.167. The van der Waals surface area contributed by atoms with Gasteiger partial charge in [0.15, 0.2) is 0 Å². The van der Waals surface area contributed by atoms with E-state index in [4.69, 9.17) is 4.42 Å². The number of fused-ring (bicyclic) bond motifs is 13. The van der Waals surface area contributed by atoms with E-state index in [9.17, 15) is 0 Å². The second-order valence-corrected chi connectivity index (χ2v) is 15.3. The van der Waals surface area contributed by atoms with E-state index in [0.29, 0.717) is 0 Å². The Hall–Kier alpha value is -6.64. The minimum absolute atomic E-state index is 0.152. The normalized spacial score (nSPS) is 17.2. The lowest BCUT2D eigenvalue weighted by molar-refractivity contribution is 0.660. The third kappa shape index (κ3) is 3.95. The molecule has 1 heterocycles. The van der Waals surface area contributed by atoms with Crippen LogP contribution in [-0.2, 0) is 10.8 Å². The number of hydrogen-bond donors (Lipinski definition) is 0. The van der Waals surface area contributed by atoms with E-state index in [1.807, 2.05) is 6.08 Å². The average Bonchev–Trinajstić information content (AvgIpc) is 3.88. The molecule has 0 aliphatic heterocycles. The fourth-order valence-corrected chi connectivity index (χ4v) is 9.98. The second kappa shape index (κ2) is 11.2. The molecule has 0 radical (unpaired) electrons. The Balaban J connectivity index is 1.29. The van der Waals surface area contributed by atoms with Crippen LogP contribution in [0, 0.1) is 0 Å². The van der Waals surface area contributed by atoms with Crippen LogP contribution in [0.25, 0.3) is 49.8 Å². The zero-order valence-corrected chi connectivity index (χ0v) is 30.3. The molecule has 0 saturated heterocycles. The zero-order valence-electron chi connectivity index (χ0n) is 30.3. The van der Waals surface area contributed by atoms with E-state index in [1.165, 1.54) is 66.9 Å². The number of anilines is 2. The van der Waals surface area contributed by atoms with Crippen molar-refractivity contribution in [1.29, 1.82) is 0 Å². The Bertz CT molecular complexity index is 2940. The molecule has 1 spiro atoms. The van der Waals surface area contributed by atoms with Gasteiger partial charge in [-0.25, -0.2) is 0 Å². The highest BCUT2D eigenvalue weighted by molar-refractivity contribution is 6.09. The first-order chi connectivity index (χ1) is 26.5. The topological polar surface area (TPSA) is 16.4 Å². The van der Waals surface area contributed by atoms with Gasteiger partial charge in [0.05, 0.1) is 11.1 Å². The predicted molar refractivity (Wildman–Crippen MR) is 224 cm³/mol. The van der Waals surface area contributed by atoms with E-state index in [0.717, 1.165) is 33.3 Å². The van der Waals surface area contributed by atoms with Crippen LogP contribution in [0.3, 0.4) is 0 Å². The summed E-state index contributed by atoms with van der Waals surface area (Å²) in [6, 6.07) is 58.1. The lowest BCUT2D eigenvalue weighted by Gasteiger charge is -2.40. The maximum Gasteiger partial charge on any atom is 0.136 e. The van der Waals surface area contributed by atoms with E-state index in [1.54, 1.807) is 0 Å². The fourth-order valence-electron chi connectivity index (χ4n) is 9.98. The number of nitrogens with zero attached hydrogens (tertiary/aromatic N) is 1. The molecule has 1 aromatic heterocycles. The monoisotopic (exact) mass is 691 g/mol. The summed E-state index contributed by atoms with van der Waals surface area (Å²) >= 11 is 0. The Morgan fingerprint density at radius 3 is 1.91 bits per heavy atom. The summed E-state index contributed by atoms with van der Waals surface area (Å²) in [4.78, 5) is 2.55. The van der Waals surface area contributed by atoms with Gasteiger partial charge < -0.3 is 9.32 Å². The highest BCUT2D eigenvalue weighted by atomic mass is 16.3. The molecule has 1 atom stereocenters. The van der Waals surface area contributed by atoms with Crippen LogP contribution in [-0.4, -0.2) is 0 Å². The molecular formula is C52H37NO. The van der Waals surface area contributed by atoms with Crippen molar-refractivity contribution in [3.05, 3.63) is 222 Å². The molecule has 7 aromatic carbocycles. The van der Waals surface area contributed by atoms with Gasteiger partial charge in [0.25, 0.3) is 0 Å². The van der Waals surface area contributed by atoms with Crippen molar-refractivity contribution < 1.29 is 4.42 Å². The summed E-state index contributed by atoms with van der Waals surface area (Å²) in [5, 5.41) is 2.26. The third-order valence-electron chi connectivity index (χ3n) is 12.2. The Labute approximate surface area is 315 Å². The second-order valence-electron chi connectivity index (χ2n) is 15.3. The minimum atomic E-state index is -0.650. The summed E-state index contributed by atoms with van der Waals surface area (Å²) in [6.07, 6.45) is 6.24. The Kier molecular flexibility index (Phi) is 6.41. The van der Waals surface area contributed by atoms with Crippen LogP contribution >= 0.6 is 0 Å². The number of para-hydroxylation sites is 2. The lowest BCUT2D eigenvalue weighted by atomic mass is 9.71. The van der Waals surface area contributed by atoms with Crippen LogP contribution in [0.15, 0.2) is 193 Å². The van der Waals surface area contributed by atoms with E-state index >= 15 is 0 Å². The predicted octanol–water partition coefficient (Wildman–Crippen LogP) is 13.5. The maximum atomic E-state index is 6.54. The van der Waals surface area contributed by atoms with Crippen LogP contribution in [0.1, 0.15) is 47.2 Å². The largest absolute Gasteiger partial charge is 0.456 e. The molecule has 8 aromatic rings. The summed E-state index contributed by atoms with van der Waals surface area (Å²) < 4.78 is 6.54. The molecule has 11 rings (SSSR count). The van der Waals surface area contributed by atoms with Crippen molar-refractivity contribution >= 4 is 38.9 Å². The molecule has 3 aliphatic rings. The molecule has 256 valence electrons. The highest BCUT2D eigenvalue weighted by Crippen LogP contribution is 2.65. The molecule has 0 saturated carbocycles. The SMILES string of the molecule is C=C/C=C\C1=C(N(c2ccccc2)c2ccc3c(c2)C(C)(C)c2ccccc2-3)C2(c3ccccc31)c1ccccc1-c1cc3oc4ccccc4c3cc12. The third-order valence-corrected chi connectivity index (χ3v) is 12.2. The number of hydrogen-bond acceptors (Lipinski definition) is 2. The number of allylic oxidation sites excluding steroid dienone is 5. The van der Waals surface area contributed by atoms with Gasteiger partial charge in [-0.2, -0.15) is 0 Å². The van der Waals surface area contributed by atoms with Gasteiger partial charge >= 0.3 is 0 Å². The first-order valence-corrected chi connectivity index (χ1v) is 18.8. The molecule has 0 N–H and O–H groups in total. The molecule has 0 fully saturated rings. The summed E-state index contributed by atoms with van der Waals surface area (Å²) in [7, 11) is 0. The van der Waals surface area contributed by atoms with Crippen LogP contribution in [0.4, 0.5) is 11.4 Å². The molecule has 54 heavy (non-hydrogen) atoms. The van der Waals surface area contributed by atoms with Crippen molar-refractivity contribution in [2.75, 3.05) is 4.90 Å². The fraction of sp³-hybridized carbons (Fsp3) is 0.0769. The van der Waals surface area contributed by atoms with Crippen molar-refractivity contribution in [3.63, 3.8) is 0 Å². The first-order valence-electron chi connectivity index (χ1n) is 18.8.